The second kappa shape index (κ2) is 7.59. The smallest absolute Gasteiger partial charge is 0.306 e. The highest BCUT2D eigenvalue weighted by Crippen LogP contribution is 2.34. The first-order valence-corrected chi connectivity index (χ1v) is 10.8. The monoisotopic (exact) mass is 394 g/mol. The van der Waals surface area contributed by atoms with E-state index in [0.717, 1.165) is 24.1 Å². The average Bonchev–Trinajstić information content (AvgIpc) is 2.95. The van der Waals surface area contributed by atoms with Crippen LogP contribution in [0.5, 0.6) is 0 Å². The van der Waals surface area contributed by atoms with Crippen molar-refractivity contribution >= 4 is 27.6 Å². The standard InChI is InChI=1S/C19H26N2O5S/c1-12-9-16-10-17(7-8-18(16)21(12)13(2)22)27(25,26)20-11-14-3-5-15(6-4-14)19(23)24/h7-8,10,12,14-15,20H,3-6,9,11H2,1-2H3,(H,23,24)/t12-,14?,15?/m0/s1. The van der Waals surface area contributed by atoms with Crippen molar-refractivity contribution in [1.29, 1.82) is 0 Å². The molecule has 1 saturated carbocycles. The Kier molecular flexibility index (Phi) is 5.58. The molecule has 8 heteroatoms. The summed E-state index contributed by atoms with van der Waals surface area (Å²) in [5.74, 6) is -0.952. The number of carbonyl (C=O) groups is 2. The molecule has 1 amide bonds. The molecule has 0 bridgehead atoms. The molecule has 2 N–H and O–H groups in total. The zero-order valence-electron chi connectivity index (χ0n) is 15.6. The lowest BCUT2D eigenvalue weighted by Gasteiger charge is -2.26. The van der Waals surface area contributed by atoms with E-state index in [2.05, 4.69) is 4.72 Å². The number of aliphatic carboxylic acids is 1. The predicted octanol–water partition coefficient (Wildman–Crippen LogP) is 2.15. The fraction of sp³-hybridized carbons (Fsp3) is 0.579. The van der Waals surface area contributed by atoms with Gasteiger partial charge in [-0.2, -0.15) is 0 Å². The number of hydrogen-bond acceptors (Lipinski definition) is 4. The van der Waals surface area contributed by atoms with Crippen molar-refractivity contribution < 1.29 is 23.1 Å². The zero-order chi connectivity index (χ0) is 19.8. The molecule has 1 heterocycles. The Morgan fingerprint density at radius 2 is 1.89 bits per heavy atom. The third-order valence-corrected chi connectivity index (χ3v) is 7.10. The van der Waals surface area contributed by atoms with Crippen molar-refractivity contribution in [3.63, 3.8) is 0 Å². The number of benzene rings is 1. The molecule has 27 heavy (non-hydrogen) atoms. The van der Waals surface area contributed by atoms with E-state index in [0.29, 0.717) is 25.8 Å². The van der Waals surface area contributed by atoms with Crippen LogP contribution in [0.1, 0.15) is 45.1 Å². The van der Waals surface area contributed by atoms with E-state index in [-0.39, 0.29) is 28.7 Å². The molecule has 1 atom stereocenters. The van der Waals surface area contributed by atoms with Crippen LogP contribution in [0.15, 0.2) is 23.1 Å². The predicted molar refractivity (Wildman–Crippen MR) is 101 cm³/mol. The van der Waals surface area contributed by atoms with Crippen LogP contribution in [-0.4, -0.2) is 38.0 Å². The lowest BCUT2D eigenvalue weighted by molar-refractivity contribution is -0.143. The van der Waals surface area contributed by atoms with E-state index in [1.165, 1.54) is 13.0 Å². The largest absolute Gasteiger partial charge is 0.481 e. The number of rotatable bonds is 5. The van der Waals surface area contributed by atoms with Crippen molar-refractivity contribution in [2.24, 2.45) is 11.8 Å². The summed E-state index contributed by atoms with van der Waals surface area (Å²) >= 11 is 0. The third-order valence-electron chi connectivity index (χ3n) is 5.67. The van der Waals surface area contributed by atoms with Crippen molar-refractivity contribution in [2.75, 3.05) is 11.4 Å². The number of amides is 1. The molecular formula is C19H26N2O5S. The van der Waals surface area contributed by atoms with E-state index < -0.39 is 16.0 Å². The molecule has 0 saturated heterocycles. The van der Waals surface area contributed by atoms with Gasteiger partial charge >= 0.3 is 5.97 Å². The van der Waals surface area contributed by atoms with Crippen LogP contribution in [0.3, 0.4) is 0 Å². The van der Waals surface area contributed by atoms with Gasteiger partial charge in [0.2, 0.25) is 15.9 Å². The van der Waals surface area contributed by atoms with Gasteiger partial charge in [-0.15, -0.1) is 0 Å². The molecular weight excluding hydrogens is 368 g/mol. The van der Waals surface area contributed by atoms with E-state index in [1.54, 1.807) is 17.0 Å². The van der Waals surface area contributed by atoms with Gasteiger partial charge in [0.1, 0.15) is 0 Å². The van der Waals surface area contributed by atoms with Crippen LogP contribution in [0.4, 0.5) is 5.69 Å². The summed E-state index contributed by atoms with van der Waals surface area (Å²) in [6.45, 7) is 3.78. The summed E-state index contributed by atoms with van der Waals surface area (Å²) in [5.41, 5.74) is 1.64. The molecule has 0 spiro atoms. The first kappa shape index (κ1) is 19.8. The highest BCUT2D eigenvalue weighted by molar-refractivity contribution is 7.89. The Balaban J connectivity index is 1.66. The first-order valence-electron chi connectivity index (χ1n) is 9.34. The molecule has 1 aliphatic heterocycles. The fourth-order valence-corrected chi connectivity index (χ4v) is 5.35. The molecule has 0 radical (unpaired) electrons. The van der Waals surface area contributed by atoms with Gasteiger partial charge in [-0.25, -0.2) is 13.1 Å². The number of sulfonamides is 1. The summed E-state index contributed by atoms with van der Waals surface area (Å²) in [7, 11) is -3.64. The van der Waals surface area contributed by atoms with Gasteiger partial charge in [-0.3, -0.25) is 9.59 Å². The van der Waals surface area contributed by atoms with Crippen LogP contribution in [0.25, 0.3) is 0 Å². The Morgan fingerprint density at radius 1 is 1.22 bits per heavy atom. The summed E-state index contributed by atoms with van der Waals surface area (Å²) in [6, 6.07) is 4.91. The van der Waals surface area contributed by atoms with Crippen LogP contribution in [0, 0.1) is 11.8 Å². The van der Waals surface area contributed by atoms with E-state index in [9.17, 15) is 18.0 Å². The minimum atomic E-state index is -3.64. The Hall–Kier alpha value is -1.93. The number of fused-ring (bicyclic) bond motifs is 1. The molecule has 2 aliphatic rings. The molecule has 148 valence electrons. The number of hydrogen-bond donors (Lipinski definition) is 2. The van der Waals surface area contributed by atoms with E-state index >= 15 is 0 Å². The van der Waals surface area contributed by atoms with E-state index in [4.69, 9.17) is 5.11 Å². The van der Waals surface area contributed by atoms with Gasteiger partial charge in [0.05, 0.1) is 10.8 Å². The summed E-state index contributed by atoms with van der Waals surface area (Å²) in [4.78, 5) is 24.7. The van der Waals surface area contributed by atoms with Crippen molar-refractivity contribution in [3.8, 4) is 0 Å². The zero-order valence-corrected chi connectivity index (χ0v) is 16.5. The lowest BCUT2D eigenvalue weighted by Crippen LogP contribution is -2.33. The Bertz CT molecular complexity index is 844. The molecule has 7 nitrogen and oxygen atoms in total. The topological polar surface area (TPSA) is 104 Å². The van der Waals surface area contributed by atoms with Crippen molar-refractivity contribution in [2.45, 2.75) is 56.9 Å². The minimum absolute atomic E-state index is 0.0211. The van der Waals surface area contributed by atoms with Gasteiger partial charge in [0.25, 0.3) is 0 Å². The molecule has 1 aromatic rings. The van der Waals surface area contributed by atoms with E-state index in [1.807, 2.05) is 6.92 Å². The summed E-state index contributed by atoms with van der Waals surface area (Å²) in [6.07, 6.45) is 3.26. The van der Waals surface area contributed by atoms with Crippen molar-refractivity contribution in [3.05, 3.63) is 23.8 Å². The Morgan fingerprint density at radius 3 is 2.48 bits per heavy atom. The summed E-state index contributed by atoms with van der Waals surface area (Å²) in [5, 5.41) is 9.04. The highest BCUT2D eigenvalue weighted by Gasteiger charge is 2.31. The number of carboxylic acid groups (broad SMARTS) is 1. The van der Waals surface area contributed by atoms with Crippen LogP contribution >= 0.6 is 0 Å². The fourth-order valence-electron chi connectivity index (χ4n) is 4.18. The number of nitrogens with one attached hydrogen (secondary N) is 1. The highest BCUT2D eigenvalue weighted by atomic mass is 32.2. The normalized spacial score (nSPS) is 25.3. The third kappa shape index (κ3) is 4.16. The van der Waals surface area contributed by atoms with Crippen LogP contribution < -0.4 is 9.62 Å². The van der Waals surface area contributed by atoms with Crippen LogP contribution in [0.2, 0.25) is 0 Å². The molecule has 3 rings (SSSR count). The number of nitrogens with zero attached hydrogens (tertiary/aromatic N) is 1. The average molecular weight is 394 g/mol. The van der Waals surface area contributed by atoms with Crippen LogP contribution in [-0.2, 0) is 26.0 Å². The maximum absolute atomic E-state index is 12.7. The van der Waals surface area contributed by atoms with Gasteiger partial charge < -0.3 is 10.0 Å². The van der Waals surface area contributed by atoms with Crippen molar-refractivity contribution in [1.82, 2.24) is 4.72 Å². The molecule has 0 aromatic heterocycles. The number of anilines is 1. The number of carboxylic acids is 1. The molecule has 0 unspecified atom stereocenters. The number of carbonyl (C=O) groups excluding carboxylic acids is 1. The van der Waals surface area contributed by atoms with Gasteiger partial charge in [0.15, 0.2) is 0 Å². The lowest BCUT2D eigenvalue weighted by atomic mass is 9.82. The summed E-state index contributed by atoms with van der Waals surface area (Å²) < 4.78 is 28.0. The van der Waals surface area contributed by atoms with Gasteiger partial charge in [0, 0.05) is 25.2 Å². The first-order chi connectivity index (χ1) is 12.7. The molecule has 1 aromatic carbocycles. The second-order valence-electron chi connectivity index (χ2n) is 7.64. The maximum Gasteiger partial charge on any atom is 0.306 e. The SMILES string of the molecule is CC(=O)N1c2ccc(S(=O)(=O)NCC3CCC(C(=O)O)CC3)cc2C[C@@H]1C. The minimum Gasteiger partial charge on any atom is -0.481 e. The van der Waals surface area contributed by atoms with Gasteiger partial charge in [-0.05, 0) is 68.7 Å². The second-order valence-corrected chi connectivity index (χ2v) is 9.41. The van der Waals surface area contributed by atoms with Gasteiger partial charge in [-0.1, -0.05) is 0 Å². The quantitative estimate of drug-likeness (QED) is 0.796. The maximum atomic E-state index is 12.7. The Labute approximate surface area is 159 Å². The molecule has 1 aliphatic carbocycles. The molecule has 1 fully saturated rings.